The minimum atomic E-state index is -0.813. The van der Waals surface area contributed by atoms with E-state index < -0.39 is 34.4 Å². The van der Waals surface area contributed by atoms with Gasteiger partial charge in [0.1, 0.15) is 23.0 Å². The molecule has 0 aliphatic rings. The molecule has 0 spiro atoms. The van der Waals surface area contributed by atoms with Gasteiger partial charge in [0.2, 0.25) is 0 Å². The number of hydrogen-bond acceptors (Lipinski definition) is 6. The molecular formula is C22H25F2N3O4. The molecule has 1 atom stereocenters. The molecule has 0 aliphatic carbocycles. The van der Waals surface area contributed by atoms with E-state index in [0.29, 0.717) is 6.42 Å². The average Bonchev–Trinajstić information content (AvgIpc) is 2.72. The predicted molar refractivity (Wildman–Crippen MR) is 118 cm³/mol. The summed E-state index contributed by atoms with van der Waals surface area (Å²) in [6, 6.07) is 6.78. The van der Waals surface area contributed by atoms with Crippen molar-refractivity contribution in [2.45, 2.75) is 19.4 Å². The van der Waals surface area contributed by atoms with Gasteiger partial charge in [-0.25, -0.2) is 8.78 Å². The summed E-state index contributed by atoms with van der Waals surface area (Å²) in [6.07, 6.45) is 0.374. The first-order valence-corrected chi connectivity index (χ1v) is 9.50. The molecule has 31 heavy (non-hydrogen) atoms. The minimum Gasteiger partial charge on any atom is -0.505 e. The summed E-state index contributed by atoms with van der Waals surface area (Å²) in [6.45, 7) is 1.75. The summed E-state index contributed by atoms with van der Waals surface area (Å²) in [5, 5.41) is 16.0. The molecule has 3 aromatic carbocycles. The molecular weight excluding hydrogens is 408 g/mol. The van der Waals surface area contributed by atoms with E-state index in [9.17, 15) is 28.3 Å². The zero-order chi connectivity index (χ0) is 22.9. The zero-order valence-electron chi connectivity index (χ0n) is 17.1. The summed E-state index contributed by atoms with van der Waals surface area (Å²) >= 11 is 0. The number of para-hydroxylation sites is 1. The van der Waals surface area contributed by atoms with Gasteiger partial charge in [-0.2, -0.15) is 0 Å². The van der Waals surface area contributed by atoms with Gasteiger partial charge < -0.3 is 20.6 Å². The van der Waals surface area contributed by atoms with Crippen molar-refractivity contribution >= 4 is 23.0 Å². The van der Waals surface area contributed by atoms with Gasteiger partial charge in [0, 0.05) is 23.0 Å². The van der Waals surface area contributed by atoms with Crippen molar-refractivity contribution in [1.29, 1.82) is 0 Å². The molecule has 0 saturated heterocycles. The number of rotatable bonds is 7. The Morgan fingerprint density at radius 1 is 1.10 bits per heavy atom. The number of anilines is 3. The quantitative estimate of drug-likeness (QED) is 0.388. The van der Waals surface area contributed by atoms with E-state index in [2.05, 4.69) is 10.6 Å². The Morgan fingerprint density at radius 3 is 2.29 bits per heavy atom. The predicted octanol–water partition coefficient (Wildman–Crippen LogP) is 3.77. The van der Waals surface area contributed by atoms with Crippen molar-refractivity contribution in [1.82, 2.24) is 4.90 Å². The Bertz CT molecular complexity index is 1210. The van der Waals surface area contributed by atoms with Crippen LogP contribution in [0.2, 0.25) is 0 Å². The summed E-state index contributed by atoms with van der Waals surface area (Å²) in [7, 11) is 3.06. The van der Waals surface area contributed by atoms with E-state index in [1.807, 2.05) is 0 Å². The second-order valence-corrected chi connectivity index (χ2v) is 7.24. The van der Waals surface area contributed by atoms with Crippen LogP contribution < -0.4 is 21.5 Å². The maximum Gasteiger partial charge on any atom is 0.257 e. The Labute approximate surface area is 179 Å². The van der Waals surface area contributed by atoms with Crippen molar-refractivity contribution in [2.75, 3.05) is 24.7 Å². The van der Waals surface area contributed by atoms with Crippen molar-refractivity contribution in [2.24, 2.45) is 0 Å². The van der Waals surface area contributed by atoms with E-state index in [1.165, 1.54) is 37.2 Å². The second-order valence-electron chi connectivity index (χ2n) is 7.24. The number of carbonyl (C=O) groups excluding carboxylic acids is 1. The molecule has 0 bridgehead atoms. The molecule has 0 aliphatic heterocycles. The van der Waals surface area contributed by atoms with Crippen LogP contribution in [0.3, 0.4) is 0 Å². The Kier molecular flexibility index (Phi) is 6.05. The molecule has 3 aromatic rings. The maximum atomic E-state index is 13.6. The number of carbonyl (C=O) groups is 1. The number of nitrogens with one attached hydrogen (secondary N) is 2. The first kappa shape index (κ1) is 21.9. The molecule has 1 unspecified atom stereocenters. The molecule has 3 N–H and O–H groups in total. The number of hydrogen-bond donors (Lipinski definition) is 3. The fraction of sp³-hybridized carbons (Fsp3) is 0.227. The highest BCUT2D eigenvalue weighted by Gasteiger charge is 2.26. The normalized spacial score (nSPS) is 11.9. The Morgan fingerprint density at radius 2 is 1.71 bits per heavy atom. The highest BCUT2D eigenvalue weighted by Crippen LogP contribution is 2.33. The van der Waals surface area contributed by atoms with Crippen molar-refractivity contribution in [3.05, 3.63) is 79.6 Å². The molecule has 0 heterocycles. The smallest absolute Gasteiger partial charge is 0.257 e. The van der Waals surface area contributed by atoms with Gasteiger partial charge in [0.15, 0.2) is 5.75 Å². The largest absolute Gasteiger partial charge is 0.505 e. The summed E-state index contributed by atoms with van der Waals surface area (Å²) < 4.78 is 27.2. The van der Waals surface area contributed by atoms with E-state index in [-0.39, 0.29) is 36.8 Å². The van der Waals surface area contributed by atoms with Crippen LogP contribution in [0.4, 0.5) is 25.8 Å². The molecule has 0 aromatic heterocycles. The van der Waals surface area contributed by atoms with Crippen LogP contribution >= 0.6 is 0 Å². The standard InChI is InChI=1S/C22H21F2N3O4.2H2/c1-4-15(11-8-12(23)10-13(24)9-11)25-17-18(21(30)20(17)29)26-16-7-5-6-14(19(16)28)22(31)27(2)3;;/h5-10,15,25-26,28H,4H2,1-3H3;2*1H. The lowest BCUT2D eigenvalue weighted by Crippen LogP contribution is -2.37. The molecule has 0 fully saturated rings. The third-order valence-corrected chi connectivity index (χ3v) is 4.86. The number of aromatic hydroxyl groups is 1. The molecule has 166 valence electrons. The number of benzene rings is 2. The molecule has 0 saturated carbocycles. The van der Waals surface area contributed by atoms with Crippen LogP contribution in [0, 0.1) is 11.6 Å². The van der Waals surface area contributed by atoms with Gasteiger partial charge in [-0.05, 0) is 36.2 Å². The lowest BCUT2D eigenvalue weighted by molar-refractivity contribution is 0.0824. The van der Waals surface area contributed by atoms with E-state index in [0.717, 1.165) is 18.2 Å². The summed E-state index contributed by atoms with van der Waals surface area (Å²) in [5.74, 6) is -2.33. The third-order valence-electron chi connectivity index (χ3n) is 4.86. The van der Waals surface area contributed by atoms with Gasteiger partial charge in [-0.3, -0.25) is 14.4 Å². The fourth-order valence-corrected chi connectivity index (χ4v) is 3.21. The minimum absolute atomic E-state index is 0. The second kappa shape index (κ2) is 8.55. The van der Waals surface area contributed by atoms with Gasteiger partial charge in [-0.1, -0.05) is 13.0 Å². The van der Waals surface area contributed by atoms with Gasteiger partial charge >= 0.3 is 0 Å². The number of halogens is 2. The van der Waals surface area contributed by atoms with Crippen LogP contribution in [-0.2, 0) is 0 Å². The average molecular weight is 433 g/mol. The highest BCUT2D eigenvalue weighted by molar-refractivity contribution is 5.99. The molecule has 3 rings (SSSR count). The molecule has 9 heteroatoms. The number of amides is 1. The monoisotopic (exact) mass is 433 g/mol. The van der Waals surface area contributed by atoms with Crippen LogP contribution in [0.1, 0.15) is 38.2 Å². The van der Waals surface area contributed by atoms with Crippen LogP contribution in [-0.4, -0.2) is 30.0 Å². The summed E-state index contributed by atoms with van der Waals surface area (Å²) in [4.78, 5) is 37.8. The summed E-state index contributed by atoms with van der Waals surface area (Å²) in [5.41, 5.74) is -1.42. The van der Waals surface area contributed by atoms with Crippen molar-refractivity contribution in [3.63, 3.8) is 0 Å². The highest BCUT2D eigenvalue weighted by atomic mass is 19.1. The van der Waals surface area contributed by atoms with Gasteiger partial charge in [0.25, 0.3) is 16.8 Å². The lowest BCUT2D eigenvalue weighted by Gasteiger charge is -2.22. The van der Waals surface area contributed by atoms with Crippen LogP contribution in [0.25, 0.3) is 0 Å². The first-order valence-electron chi connectivity index (χ1n) is 9.50. The first-order chi connectivity index (χ1) is 14.6. The molecule has 7 nitrogen and oxygen atoms in total. The zero-order valence-corrected chi connectivity index (χ0v) is 17.1. The number of nitrogens with zero attached hydrogens (tertiary/aromatic N) is 1. The van der Waals surface area contributed by atoms with Crippen molar-refractivity contribution < 1.29 is 21.5 Å². The fourth-order valence-electron chi connectivity index (χ4n) is 3.21. The van der Waals surface area contributed by atoms with Gasteiger partial charge in [0.05, 0.1) is 17.3 Å². The number of phenolic OH excluding ortho intramolecular Hbond substituents is 1. The molecule has 0 radical (unpaired) electrons. The van der Waals surface area contributed by atoms with Crippen LogP contribution in [0.5, 0.6) is 5.75 Å². The lowest BCUT2D eigenvalue weighted by atomic mass is 10.0. The third kappa shape index (κ3) is 4.25. The maximum absolute atomic E-state index is 13.6. The SMILES string of the molecule is CCC(Nc1c(Nc2cccc(C(=O)N(C)C)c2O)c(=O)c1=O)c1cc(F)cc(F)c1.[HH].[HH]. The number of phenols is 1. The topological polar surface area (TPSA) is 98.7 Å². The van der Waals surface area contributed by atoms with E-state index in [1.54, 1.807) is 6.92 Å². The van der Waals surface area contributed by atoms with Crippen LogP contribution in [0.15, 0.2) is 46.0 Å². The van der Waals surface area contributed by atoms with E-state index >= 15 is 0 Å². The van der Waals surface area contributed by atoms with Crippen molar-refractivity contribution in [3.8, 4) is 5.75 Å². The Hall–Kier alpha value is -3.75. The molecule has 1 amide bonds. The van der Waals surface area contributed by atoms with E-state index in [4.69, 9.17) is 0 Å². The van der Waals surface area contributed by atoms with Gasteiger partial charge in [-0.15, -0.1) is 0 Å². The Balaban J connectivity index is 0.00000272.